The smallest absolute Gasteiger partial charge is 0.322 e. The fraction of sp³-hybridized carbons (Fsp3) is 0.233. The summed E-state index contributed by atoms with van der Waals surface area (Å²) in [6.45, 7) is 0.435. The Kier molecular flexibility index (Phi) is 8.32. The molecule has 1 aliphatic carbocycles. The van der Waals surface area contributed by atoms with E-state index in [1.165, 1.54) is 17.5 Å². The first-order valence-electron chi connectivity index (χ1n) is 13.1. The minimum atomic E-state index is -0.498. The number of hydrogen-bond acceptors (Lipinski definition) is 7. The second-order valence-corrected chi connectivity index (χ2v) is 10.7. The van der Waals surface area contributed by atoms with Gasteiger partial charge in [0.2, 0.25) is 0 Å². The van der Waals surface area contributed by atoms with Gasteiger partial charge in [0.05, 0.1) is 11.8 Å². The summed E-state index contributed by atoms with van der Waals surface area (Å²) < 4.78 is 0. The van der Waals surface area contributed by atoms with E-state index in [4.69, 9.17) is 11.0 Å². The summed E-state index contributed by atoms with van der Waals surface area (Å²) in [5.74, 6) is 0.249. The molecule has 0 spiro atoms. The molecule has 0 bridgehead atoms. The maximum Gasteiger partial charge on any atom is 0.322 e. The van der Waals surface area contributed by atoms with Crippen LogP contribution in [-0.2, 0) is 6.54 Å². The van der Waals surface area contributed by atoms with Crippen LogP contribution in [-0.4, -0.2) is 34.0 Å². The summed E-state index contributed by atoms with van der Waals surface area (Å²) in [6.07, 6.45) is 6.45. The minimum Gasteiger partial charge on any atom is -0.367 e. The predicted molar refractivity (Wildman–Crippen MR) is 156 cm³/mol. The lowest BCUT2D eigenvalue weighted by atomic mass is 9.89. The summed E-state index contributed by atoms with van der Waals surface area (Å²) in [4.78, 5) is 36.0. The third kappa shape index (κ3) is 6.45. The van der Waals surface area contributed by atoms with Crippen LogP contribution in [0, 0.1) is 11.3 Å². The van der Waals surface area contributed by atoms with Crippen LogP contribution in [0.1, 0.15) is 46.5 Å². The Morgan fingerprint density at radius 1 is 0.975 bits per heavy atom. The molecule has 2 aromatic heterocycles. The molecule has 4 aromatic rings. The highest BCUT2D eigenvalue weighted by molar-refractivity contribution is 7.16. The normalized spacial score (nSPS) is 16.5. The molecule has 0 radical (unpaired) electrons. The Bertz CT molecular complexity index is 1490. The van der Waals surface area contributed by atoms with Crippen LogP contribution in [0.2, 0.25) is 0 Å². The topological polar surface area (TPSA) is 137 Å². The van der Waals surface area contributed by atoms with Crippen LogP contribution in [0.15, 0.2) is 79.1 Å². The number of benzene rings is 2. The van der Waals surface area contributed by atoms with E-state index >= 15 is 0 Å². The average molecular weight is 552 g/mol. The zero-order valence-corrected chi connectivity index (χ0v) is 22.6. The van der Waals surface area contributed by atoms with Crippen molar-refractivity contribution < 1.29 is 9.59 Å². The van der Waals surface area contributed by atoms with Crippen molar-refractivity contribution in [3.05, 3.63) is 95.1 Å². The van der Waals surface area contributed by atoms with Crippen molar-refractivity contribution in [2.45, 2.75) is 44.3 Å². The maximum atomic E-state index is 13.6. The monoisotopic (exact) mass is 551 g/mol. The maximum absolute atomic E-state index is 13.6. The molecule has 0 aliphatic heterocycles. The Morgan fingerprint density at radius 2 is 1.73 bits per heavy atom. The summed E-state index contributed by atoms with van der Waals surface area (Å²) in [6, 6.07) is 23.3. The fourth-order valence-electron chi connectivity index (χ4n) is 4.87. The fourth-order valence-corrected chi connectivity index (χ4v) is 5.65. The highest BCUT2D eigenvalue weighted by Gasteiger charge is 2.30. The van der Waals surface area contributed by atoms with Gasteiger partial charge in [0, 0.05) is 36.1 Å². The first-order chi connectivity index (χ1) is 19.5. The van der Waals surface area contributed by atoms with Gasteiger partial charge in [-0.1, -0.05) is 30.3 Å². The van der Waals surface area contributed by atoms with E-state index in [9.17, 15) is 9.59 Å². The van der Waals surface area contributed by atoms with E-state index in [1.807, 2.05) is 65.6 Å². The molecule has 202 valence electrons. The van der Waals surface area contributed by atoms with Crippen LogP contribution in [0.5, 0.6) is 0 Å². The van der Waals surface area contributed by atoms with Crippen molar-refractivity contribution in [1.29, 1.82) is 5.26 Å². The van der Waals surface area contributed by atoms with Gasteiger partial charge in [-0.25, -0.2) is 14.8 Å². The van der Waals surface area contributed by atoms with Crippen molar-refractivity contribution in [2.75, 3.05) is 10.2 Å². The number of urea groups is 1. The summed E-state index contributed by atoms with van der Waals surface area (Å²) in [5.41, 5.74) is 8.59. The molecule has 3 amide bonds. The van der Waals surface area contributed by atoms with Gasteiger partial charge in [0.1, 0.15) is 21.8 Å². The molecule has 5 rings (SSSR count). The number of rotatable bonds is 8. The highest BCUT2D eigenvalue weighted by Crippen LogP contribution is 2.32. The van der Waals surface area contributed by atoms with Gasteiger partial charge < -0.3 is 16.4 Å². The van der Waals surface area contributed by atoms with Crippen LogP contribution < -0.4 is 21.3 Å². The number of primary amides is 1. The van der Waals surface area contributed by atoms with Gasteiger partial charge in [-0.05, 0) is 67.6 Å². The molecule has 10 heteroatoms. The lowest BCUT2D eigenvalue weighted by molar-refractivity contribution is 0.100. The second kappa shape index (κ2) is 12.4. The minimum absolute atomic E-state index is 0.0231. The number of thiazole rings is 1. The van der Waals surface area contributed by atoms with Gasteiger partial charge in [0.15, 0.2) is 0 Å². The highest BCUT2D eigenvalue weighted by atomic mass is 32.1. The molecular formula is C30H29N7O2S. The Balaban J connectivity index is 1.30. The predicted octanol–water partition coefficient (Wildman–Crippen LogP) is 5.32. The Labute approximate surface area is 236 Å². The van der Waals surface area contributed by atoms with Crippen molar-refractivity contribution >= 4 is 34.8 Å². The van der Waals surface area contributed by atoms with E-state index in [-0.39, 0.29) is 18.1 Å². The summed E-state index contributed by atoms with van der Waals surface area (Å²) in [7, 11) is 0. The van der Waals surface area contributed by atoms with Crippen LogP contribution in [0.25, 0.3) is 10.6 Å². The van der Waals surface area contributed by atoms with Gasteiger partial charge >= 0.3 is 6.03 Å². The molecule has 0 atom stereocenters. The molecule has 2 aromatic carbocycles. The molecule has 4 N–H and O–H groups in total. The van der Waals surface area contributed by atoms with E-state index < -0.39 is 5.91 Å². The number of nitrogens with one attached hydrogen (secondary N) is 2. The van der Waals surface area contributed by atoms with E-state index in [0.717, 1.165) is 48.3 Å². The Hall–Kier alpha value is -4.75. The molecule has 0 saturated heterocycles. The van der Waals surface area contributed by atoms with Crippen molar-refractivity contribution in [2.24, 2.45) is 5.73 Å². The van der Waals surface area contributed by atoms with Gasteiger partial charge in [-0.15, -0.1) is 11.3 Å². The number of carbonyl (C=O) groups is 2. The SMILES string of the molecule is N#Cc1ccc(NC2CCC(N(C(=O)NCc3ccccc3)c3ccc(-c4ncc(C(N)=O)s4)cc3)CC2)nc1. The molecule has 9 nitrogen and oxygen atoms in total. The number of anilines is 2. The number of nitrogens with two attached hydrogens (primary N) is 1. The summed E-state index contributed by atoms with van der Waals surface area (Å²) in [5, 5.41) is 16.3. The Morgan fingerprint density at radius 3 is 2.35 bits per heavy atom. The molecule has 0 unspecified atom stereocenters. The lowest BCUT2D eigenvalue weighted by Crippen LogP contribution is -2.48. The lowest BCUT2D eigenvalue weighted by Gasteiger charge is -2.37. The molecule has 1 aliphatic rings. The quantitative estimate of drug-likeness (QED) is 0.271. The van der Waals surface area contributed by atoms with Crippen LogP contribution in [0.4, 0.5) is 16.3 Å². The van der Waals surface area contributed by atoms with Gasteiger partial charge in [0.25, 0.3) is 5.91 Å². The first kappa shape index (κ1) is 26.8. The first-order valence-corrected chi connectivity index (χ1v) is 13.9. The number of pyridine rings is 1. The number of nitrogens with zero attached hydrogens (tertiary/aromatic N) is 4. The molecule has 1 fully saturated rings. The molecular weight excluding hydrogens is 522 g/mol. The third-order valence-electron chi connectivity index (χ3n) is 6.95. The van der Waals surface area contributed by atoms with E-state index in [0.29, 0.717) is 22.0 Å². The number of carbonyl (C=O) groups excluding carboxylic acids is 2. The van der Waals surface area contributed by atoms with Gasteiger partial charge in [-0.3, -0.25) is 9.69 Å². The summed E-state index contributed by atoms with van der Waals surface area (Å²) >= 11 is 1.24. The second-order valence-electron chi connectivity index (χ2n) is 9.65. The van der Waals surface area contributed by atoms with E-state index in [2.05, 4.69) is 26.7 Å². The number of nitriles is 1. The van der Waals surface area contributed by atoms with E-state index in [1.54, 1.807) is 12.3 Å². The molecule has 1 saturated carbocycles. The standard InChI is InChI=1S/C30H29N7O2S/c31-16-21-6-15-27(33-18-21)36-23-9-13-25(14-10-23)37(30(39)35-17-20-4-2-1-3-5-20)24-11-7-22(8-12-24)29-34-19-26(40-29)28(32)38/h1-8,11-12,15,18-19,23,25H,9-10,13-14,17H2,(H2,32,38)(H,33,36)(H,35,39). The van der Waals surface area contributed by atoms with Crippen molar-refractivity contribution in [3.8, 4) is 16.6 Å². The molecule has 40 heavy (non-hydrogen) atoms. The number of hydrogen-bond donors (Lipinski definition) is 3. The van der Waals surface area contributed by atoms with Crippen molar-refractivity contribution in [3.63, 3.8) is 0 Å². The number of aromatic nitrogens is 2. The zero-order valence-electron chi connectivity index (χ0n) is 21.8. The zero-order chi connectivity index (χ0) is 27.9. The van der Waals surface area contributed by atoms with Crippen molar-refractivity contribution in [1.82, 2.24) is 15.3 Å². The molecule has 2 heterocycles. The van der Waals surface area contributed by atoms with Crippen LogP contribution in [0.3, 0.4) is 0 Å². The largest absolute Gasteiger partial charge is 0.367 e. The van der Waals surface area contributed by atoms with Crippen LogP contribution >= 0.6 is 11.3 Å². The number of amides is 3. The average Bonchev–Trinajstić information content (AvgIpc) is 3.49. The third-order valence-corrected chi connectivity index (χ3v) is 8.01. The van der Waals surface area contributed by atoms with Gasteiger partial charge in [-0.2, -0.15) is 5.26 Å².